The zero-order chi connectivity index (χ0) is 17.4. The van der Waals surface area contributed by atoms with Crippen LogP contribution in [-0.2, 0) is 16.2 Å². The van der Waals surface area contributed by atoms with Crippen molar-refractivity contribution in [3.63, 3.8) is 0 Å². The standard InChI is InChI=1S/C14H10ClF4NO2S/c1-8-6-10(3-4-12(8)16)23(21,22)20-13-5-2-9(15)7-11(13)14(17,18)19/h2-7,20H,1H3. The van der Waals surface area contributed by atoms with Gasteiger partial charge in [-0.25, -0.2) is 12.8 Å². The first-order chi connectivity index (χ1) is 10.5. The average Bonchev–Trinajstić information content (AvgIpc) is 2.42. The summed E-state index contributed by atoms with van der Waals surface area (Å²) in [6.45, 7) is 1.35. The third-order valence-electron chi connectivity index (χ3n) is 2.97. The van der Waals surface area contributed by atoms with Crippen LogP contribution in [0.2, 0.25) is 5.02 Å². The SMILES string of the molecule is Cc1cc(S(=O)(=O)Nc2ccc(Cl)cc2C(F)(F)F)ccc1F. The van der Waals surface area contributed by atoms with Gasteiger partial charge in [-0.3, -0.25) is 4.72 Å². The van der Waals surface area contributed by atoms with Gasteiger partial charge in [0.1, 0.15) is 5.82 Å². The molecule has 0 aliphatic heterocycles. The van der Waals surface area contributed by atoms with Gasteiger partial charge in [0.25, 0.3) is 10.0 Å². The van der Waals surface area contributed by atoms with E-state index >= 15 is 0 Å². The first kappa shape index (κ1) is 17.6. The Bertz CT molecular complexity index is 850. The predicted octanol–water partition coefficient (Wildman–Crippen LogP) is 4.61. The number of rotatable bonds is 3. The molecule has 0 atom stereocenters. The third kappa shape index (κ3) is 3.94. The van der Waals surface area contributed by atoms with E-state index in [0.29, 0.717) is 6.07 Å². The number of halogens is 5. The molecule has 0 aliphatic rings. The maximum atomic E-state index is 13.2. The Labute approximate surface area is 134 Å². The summed E-state index contributed by atoms with van der Waals surface area (Å²) >= 11 is 5.53. The van der Waals surface area contributed by atoms with Crippen LogP contribution >= 0.6 is 11.6 Å². The molecular formula is C14H10ClF4NO2S. The van der Waals surface area contributed by atoms with E-state index in [1.807, 2.05) is 4.72 Å². The zero-order valence-corrected chi connectivity index (χ0v) is 13.2. The van der Waals surface area contributed by atoms with E-state index in [2.05, 4.69) is 0 Å². The van der Waals surface area contributed by atoms with Crippen molar-refractivity contribution in [2.75, 3.05) is 4.72 Å². The minimum Gasteiger partial charge on any atom is -0.279 e. The van der Waals surface area contributed by atoms with Gasteiger partial charge in [0.05, 0.1) is 16.1 Å². The molecule has 0 amide bonds. The predicted molar refractivity (Wildman–Crippen MR) is 78.4 cm³/mol. The summed E-state index contributed by atoms with van der Waals surface area (Å²) in [5.74, 6) is -0.619. The number of sulfonamides is 1. The molecule has 23 heavy (non-hydrogen) atoms. The van der Waals surface area contributed by atoms with Gasteiger partial charge in [0.2, 0.25) is 0 Å². The van der Waals surface area contributed by atoms with Crippen molar-refractivity contribution in [3.05, 3.63) is 58.4 Å². The third-order valence-corrected chi connectivity index (χ3v) is 4.57. The van der Waals surface area contributed by atoms with Gasteiger partial charge in [-0.2, -0.15) is 13.2 Å². The monoisotopic (exact) mass is 367 g/mol. The fraction of sp³-hybridized carbons (Fsp3) is 0.143. The van der Waals surface area contributed by atoms with Crippen molar-refractivity contribution >= 4 is 27.3 Å². The average molecular weight is 368 g/mol. The Morgan fingerprint density at radius 3 is 2.30 bits per heavy atom. The van der Waals surface area contributed by atoms with Crippen LogP contribution in [0.25, 0.3) is 0 Å². The molecule has 2 aromatic rings. The maximum absolute atomic E-state index is 13.2. The fourth-order valence-electron chi connectivity index (χ4n) is 1.83. The van der Waals surface area contributed by atoms with Crippen molar-refractivity contribution in [1.29, 1.82) is 0 Å². The minimum atomic E-state index is -4.79. The lowest BCUT2D eigenvalue weighted by molar-refractivity contribution is -0.136. The second kappa shape index (κ2) is 6.01. The van der Waals surface area contributed by atoms with E-state index in [0.717, 1.165) is 30.3 Å². The van der Waals surface area contributed by atoms with E-state index in [4.69, 9.17) is 11.6 Å². The molecule has 0 saturated carbocycles. The van der Waals surface area contributed by atoms with Crippen LogP contribution in [-0.4, -0.2) is 8.42 Å². The van der Waals surface area contributed by atoms with Gasteiger partial charge in [0.15, 0.2) is 0 Å². The van der Waals surface area contributed by atoms with Gasteiger partial charge >= 0.3 is 6.18 Å². The minimum absolute atomic E-state index is 0.0556. The molecule has 1 N–H and O–H groups in total. The van der Waals surface area contributed by atoms with Crippen LogP contribution in [0.5, 0.6) is 0 Å². The highest BCUT2D eigenvalue weighted by molar-refractivity contribution is 7.92. The zero-order valence-electron chi connectivity index (χ0n) is 11.6. The molecule has 3 nitrogen and oxygen atoms in total. The number of benzene rings is 2. The summed E-state index contributed by atoms with van der Waals surface area (Å²) in [6.07, 6.45) is -4.79. The lowest BCUT2D eigenvalue weighted by Crippen LogP contribution is -2.17. The van der Waals surface area contributed by atoms with Crippen molar-refractivity contribution in [1.82, 2.24) is 0 Å². The molecule has 2 rings (SSSR count). The van der Waals surface area contributed by atoms with E-state index in [-0.39, 0.29) is 15.5 Å². The first-order valence-corrected chi connectivity index (χ1v) is 8.02. The Morgan fingerprint density at radius 2 is 1.74 bits per heavy atom. The summed E-state index contributed by atoms with van der Waals surface area (Å²) in [6, 6.07) is 5.59. The lowest BCUT2D eigenvalue weighted by Gasteiger charge is -2.15. The molecule has 0 heterocycles. The number of hydrogen-bond donors (Lipinski definition) is 1. The molecular weight excluding hydrogens is 358 g/mol. The molecule has 124 valence electrons. The number of alkyl halides is 3. The molecule has 0 saturated heterocycles. The molecule has 0 aromatic heterocycles. The quantitative estimate of drug-likeness (QED) is 0.805. The smallest absolute Gasteiger partial charge is 0.279 e. The molecule has 0 aliphatic carbocycles. The lowest BCUT2D eigenvalue weighted by atomic mass is 10.2. The number of hydrogen-bond acceptors (Lipinski definition) is 2. The van der Waals surface area contributed by atoms with Crippen LogP contribution in [0, 0.1) is 12.7 Å². The van der Waals surface area contributed by atoms with Crippen molar-refractivity contribution < 1.29 is 26.0 Å². The van der Waals surface area contributed by atoms with Gasteiger partial charge in [-0.05, 0) is 48.9 Å². The van der Waals surface area contributed by atoms with Gasteiger partial charge < -0.3 is 0 Å². The second-order valence-corrected chi connectivity index (χ2v) is 6.82. The van der Waals surface area contributed by atoms with Crippen LogP contribution in [0.1, 0.15) is 11.1 Å². The van der Waals surface area contributed by atoms with Gasteiger partial charge in [-0.1, -0.05) is 11.6 Å². The van der Waals surface area contributed by atoms with Crippen LogP contribution in [0.3, 0.4) is 0 Å². The second-order valence-electron chi connectivity index (χ2n) is 4.70. The maximum Gasteiger partial charge on any atom is 0.418 e. The fourth-order valence-corrected chi connectivity index (χ4v) is 3.16. The first-order valence-electron chi connectivity index (χ1n) is 6.16. The summed E-state index contributed by atoms with van der Waals surface area (Å²) < 4.78 is 78.4. The van der Waals surface area contributed by atoms with E-state index in [1.54, 1.807) is 0 Å². The molecule has 0 spiro atoms. The Balaban J connectivity index is 2.47. The summed E-state index contributed by atoms with van der Waals surface area (Å²) in [5, 5.41) is -0.183. The normalized spacial score (nSPS) is 12.3. The van der Waals surface area contributed by atoms with Gasteiger partial charge in [-0.15, -0.1) is 0 Å². The molecule has 0 radical (unpaired) electrons. The van der Waals surface area contributed by atoms with Crippen LogP contribution < -0.4 is 4.72 Å². The number of nitrogens with one attached hydrogen (secondary N) is 1. The number of anilines is 1. The molecule has 2 aromatic carbocycles. The van der Waals surface area contributed by atoms with E-state index in [1.165, 1.54) is 6.92 Å². The van der Waals surface area contributed by atoms with Crippen molar-refractivity contribution in [3.8, 4) is 0 Å². The molecule has 0 bridgehead atoms. The van der Waals surface area contributed by atoms with Crippen molar-refractivity contribution in [2.45, 2.75) is 18.0 Å². The Hall–Kier alpha value is -1.80. The molecule has 0 fully saturated rings. The topological polar surface area (TPSA) is 46.2 Å². The highest BCUT2D eigenvalue weighted by Gasteiger charge is 2.35. The highest BCUT2D eigenvalue weighted by Crippen LogP contribution is 2.37. The Kier molecular flexibility index (Phi) is 4.59. The molecule has 0 unspecified atom stereocenters. The summed E-state index contributed by atoms with van der Waals surface area (Å²) in [5.41, 5.74) is -1.82. The summed E-state index contributed by atoms with van der Waals surface area (Å²) in [7, 11) is -4.31. The Morgan fingerprint density at radius 1 is 1.09 bits per heavy atom. The van der Waals surface area contributed by atoms with Crippen LogP contribution in [0.4, 0.5) is 23.2 Å². The summed E-state index contributed by atoms with van der Waals surface area (Å²) in [4.78, 5) is -0.348. The molecule has 9 heteroatoms. The largest absolute Gasteiger partial charge is 0.418 e. The van der Waals surface area contributed by atoms with Crippen molar-refractivity contribution in [2.24, 2.45) is 0 Å². The van der Waals surface area contributed by atoms with Gasteiger partial charge in [0, 0.05) is 5.02 Å². The number of aryl methyl sites for hydroxylation is 1. The van der Waals surface area contributed by atoms with E-state index < -0.39 is 33.3 Å². The highest BCUT2D eigenvalue weighted by atomic mass is 35.5. The van der Waals surface area contributed by atoms with Crippen LogP contribution in [0.15, 0.2) is 41.3 Å². The van der Waals surface area contributed by atoms with E-state index in [9.17, 15) is 26.0 Å².